The normalized spacial score (nSPS) is 13.9. The first-order valence-corrected chi connectivity index (χ1v) is 8.33. The fraction of sp³-hybridized carbons (Fsp3) is 0.375. The van der Waals surface area contributed by atoms with Crippen molar-refractivity contribution in [3.63, 3.8) is 0 Å². The molecule has 0 saturated heterocycles. The largest absolute Gasteiger partial charge is 0.481 e. The van der Waals surface area contributed by atoms with Gasteiger partial charge in [0.25, 0.3) is 0 Å². The molecule has 2 amide bonds. The Hall–Kier alpha value is -2.59. The minimum atomic E-state index is -1.46. The topological polar surface area (TPSA) is 159 Å². The number of rotatable bonds is 10. The molecule has 0 bridgehead atoms. The number of carboxylic acid groups (broad SMARTS) is 2. The SMILES string of the molecule is NC(Cc1ccccc1)C(=O)NC(CC(=O)O)C(=O)NC(CS)C(=O)O. The highest BCUT2D eigenvalue weighted by atomic mass is 32.1. The summed E-state index contributed by atoms with van der Waals surface area (Å²) in [6.45, 7) is 0. The zero-order valence-corrected chi connectivity index (χ0v) is 14.7. The quantitative estimate of drug-likeness (QED) is 0.283. The molecule has 0 aliphatic rings. The number of hydrogen-bond donors (Lipinski definition) is 6. The minimum absolute atomic E-state index is 0.192. The molecule has 3 atom stereocenters. The van der Waals surface area contributed by atoms with Crippen molar-refractivity contribution in [2.75, 3.05) is 5.75 Å². The molecule has 0 aromatic heterocycles. The number of thiol groups is 1. The van der Waals surface area contributed by atoms with Gasteiger partial charge in [0.15, 0.2) is 0 Å². The van der Waals surface area contributed by atoms with Gasteiger partial charge < -0.3 is 26.6 Å². The van der Waals surface area contributed by atoms with Crippen LogP contribution in [0.2, 0.25) is 0 Å². The maximum Gasteiger partial charge on any atom is 0.327 e. The van der Waals surface area contributed by atoms with E-state index in [1.807, 2.05) is 6.07 Å². The molecule has 0 radical (unpaired) electrons. The van der Waals surface area contributed by atoms with Gasteiger partial charge in [0.2, 0.25) is 11.8 Å². The van der Waals surface area contributed by atoms with Crippen LogP contribution in [0.1, 0.15) is 12.0 Å². The van der Waals surface area contributed by atoms with Gasteiger partial charge in [0.1, 0.15) is 12.1 Å². The molecule has 0 spiro atoms. The standard InChI is InChI=1S/C16H21N3O6S/c17-10(6-9-4-2-1-3-5-9)14(22)18-11(7-13(20)21)15(23)19-12(8-26)16(24)25/h1-5,10-12,26H,6-8,17H2,(H,18,22)(H,19,23)(H,20,21)(H,24,25). The van der Waals surface area contributed by atoms with E-state index >= 15 is 0 Å². The summed E-state index contributed by atoms with van der Waals surface area (Å²) in [7, 11) is 0. The first kappa shape index (κ1) is 21.5. The van der Waals surface area contributed by atoms with Crippen LogP contribution in [-0.2, 0) is 25.6 Å². The molecule has 0 aliphatic heterocycles. The minimum Gasteiger partial charge on any atom is -0.481 e. The van der Waals surface area contributed by atoms with Gasteiger partial charge >= 0.3 is 11.9 Å². The summed E-state index contributed by atoms with van der Waals surface area (Å²) in [6, 6.07) is 5.16. The molecule has 1 aromatic rings. The van der Waals surface area contributed by atoms with Gasteiger partial charge in [-0.1, -0.05) is 30.3 Å². The van der Waals surface area contributed by atoms with Crippen LogP contribution in [0, 0.1) is 0 Å². The van der Waals surface area contributed by atoms with Gasteiger partial charge in [0, 0.05) is 5.75 Å². The first-order chi connectivity index (χ1) is 12.2. The molecule has 1 rings (SSSR count). The van der Waals surface area contributed by atoms with Crippen molar-refractivity contribution in [1.29, 1.82) is 0 Å². The second-order valence-electron chi connectivity index (χ2n) is 5.54. The van der Waals surface area contributed by atoms with Crippen molar-refractivity contribution >= 4 is 36.4 Å². The third kappa shape index (κ3) is 7.11. The monoisotopic (exact) mass is 383 g/mol. The zero-order valence-electron chi connectivity index (χ0n) is 13.8. The lowest BCUT2D eigenvalue weighted by Crippen LogP contribution is -2.55. The van der Waals surface area contributed by atoms with Crippen molar-refractivity contribution in [3.8, 4) is 0 Å². The van der Waals surface area contributed by atoms with Crippen molar-refractivity contribution in [2.24, 2.45) is 5.73 Å². The van der Waals surface area contributed by atoms with Crippen LogP contribution < -0.4 is 16.4 Å². The van der Waals surface area contributed by atoms with Crippen molar-refractivity contribution < 1.29 is 29.4 Å². The van der Waals surface area contributed by atoms with E-state index in [2.05, 4.69) is 23.3 Å². The summed E-state index contributed by atoms with van der Waals surface area (Å²) >= 11 is 3.81. The molecule has 10 heteroatoms. The second kappa shape index (κ2) is 10.4. The van der Waals surface area contributed by atoms with Crippen molar-refractivity contribution in [1.82, 2.24) is 10.6 Å². The molecule has 1 aromatic carbocycles. The predicted octanol–water partition coefficient (Wildman–Crippen LogP) is -0.985. The second-order valence-corrected chi connectivity index (χ2v) is 5.90. The Morgan fingerprint density at radius 1 is 1.00 bits per heavy atom. The van der Waals surface area contributed by atoms with Crippen molar-refractivity contribution in [3.05, 3.63) is 35.9 Å². The summed E-state index contributed by atoms with van der Waals surface area (Å²) in [4.78, 5) is 46.2. The maximum atomic E-state index is 12.2. The van der Waals surface area contributed by atoms with Crippen LogP contribution in [0.15, 0.2) is 30.3 Å². The van der Waals surface area contributed by atoms with Crippen molar-refractivity contribution in [2.45, 2.75) is 31.0 Å². The third-order valence-electron chi connectivity index (χ3n) is 3.44. The van der Waals surface area contributed by atoms with Crippen LogP contribution >= 0.6 is 12.6 Å². The Kier molecular flexibility index (Phi) is 8.59. The molecule has 6 N–H and O–H groups in total. The summed E-state index contributed by atoms with van der Waals surface area (Å²) in [5.74, 6) is -4.50. The van der Waals surface area contributed by atoms with Crippen LogP contribution in [0.3, 0.4) is 0 Å². The van der Waals surface area contributed by atoms with Crippen LogP contribution in [-0.4, -0.2) is 57.8 Å². The summed E-state index contributed by atoms with van der Waals surface area (Å²) in [5, 5.41) is 22.3. The molecule has 0 fully saturated rings. The average molecular weight is 383 g/mol. The number of carboxylic acids is 2. The Bertz CT molecular complexity index is 655. The highest BCUT2D eigenvalue weighted by molar-refractivity contribution is 7.80. The maximum absolute atomic E-state index is 12.2. The number of amides is 2. The molecule has 0 aliphatic carbocycles. The third-order valence-corrected chi connectivity index (χ3v) is 3.81. The number of hydrogen-bond acceptors (Lipinski definition) is 6. The lowest BCUT2D eigenvalue weighted by molar-refractivity contribution is -0.143. The zero-order chi connectivity index (χ0) is 19.7. The number of carbonyl (C=O) groups excluding carboxylic acids is 2. The molecule has 0 saturated carbocycles. The first-order valence-electron chi connectivity index (χ1n) is 7.70. The number of carbonyl (C=O) groups is 4. The average Bonchev–Trinajstić information content (AvgIpc) is 2.58. The van der Waals surface area contributed by atoms with Gasteiger partial charge in [-0.3, -0.25) is 14.4 Å². The molecule has 9 nitrogen and oxygen atoms in total. The van der Waals surface area contributed by atoms with E-state index in [1.165, 1.54) is 0 Å². The van der Waals surface area contributed by atoms with E-state index in [0.29, 0.717) is 0 Å². The van der Waals surface area contributed by atoms with Crippen LogP contribution in [0.25, 0.3) is 0 Å². The van der Waals surface area contributed by atoms with Gasteiger partial charge in [-0.2, -0.15) is 12.6 Å². The van der Waals surface area contributed by atoms with E-state index in [1.54, 1.807) is 24.3 Å². The predicted molar refractivity (Wildman–Crippen MR) is 95.7 cm³/mol. The number of nitrogens with two attached hydrogens (primary N) is 1. The summed E-state index contributed by atoms with van der Waals surface area (Å²) in [5.41, 5.74) is 6.61. The molecular weight excluding hydrogens is 362 g/mol. The Morgan fingerprint density at radius 3 is 2.08 bits per heavy atom. The van der Waals surface area contributed by atoms with E-state index in [4.69, 9.17) is 15.9 Å². The molecule has 0 heterocycles. The molecule has 3 unspecified atom stereocenters. The lowest BCUT2D eigenvalue weighted by Gasteiger charge is -2.21. The highest BCUT2D eigenvalue weighted by Crippen LogP contribution is 2.03. The molecule has 142 valence electrons. The smallest absolute Gasteiger partial charge is 0.327 e. The Labute approximate surface area is 155 Å². The fourth-order valence-electron chi connectivity index (χ4n) is 2.08. The lowest BCUT2D eigenvalue weighted by atomic mass is 10.1. The van der Waals surface area contributed by atoms with Crippen LogP contribution in [0.4, 0.5) is 0 Å². The number of aliphatic carboxylic acids is 2. The number of benzene rings is 1. The highest BCUT2D eigenvalue weighted by Gasteiger charge is 2.29. The van der Waals surface area contributed by atoms with E-state index in [0.717, 1.165) is 5.56 Å². The van der Waals surface area contributed by atoms with Gasteiger partial charge in [-0.25, -0.2) is 4.79 Å². The van der Waals surface area contributed by atoms with E-state index < -0.39 is 48.3 Å². The van der Waals surface area contributed by atoms with Gasteiger partial charge in [0.05, 0.1) is 12.5 Å². The summed E-state index contributed by atoms with van der Waals surface area (Å²) < 4.78 is 0. The molecular formula is C16H21N3O6S. The molecule has 26 heavy (non-hydrogen) atoms. The van der Waals surface area contributed by atoms with Gasteiger partial charge in [-0.15, -0.1) is 0 Å². The summed E-state index contributed by atoms with van der Waals surface area (Å²) in [6.07, 6.45) is -0.517. The van der Waals surface area contributed by atoms with E-state index in [9.17, 15) is 19.2 Å². The fourth-order valence-corrected chi connectivity index (χ4v) is 2.33. The Morgan fingerprint density at radius 2 is 1.58 bits per heavy atom. The van der Waals surface area contributed by atoms with E-state index in [-0.39, 0.29) is 12.2 Å². The van der Waals surface area contributed by atoms with Crippen LogP contribution in [0.5, 0.6) is 0 Å². The van der Waals surface area contributed by atoms with Gasteiger partial charge in [-0.05, 0) is 12.0 Å². The number of nitrogens with one attached hydrogen (secondary N) is 2. The Balaban J connectivity index is 2.76.